The molecule has 0 radical (unpaired) electrons. The van der Waals surface area contributed by atoms with E-state index in [-0.39, 0.29) is 5.91 Å². The van der Waals surface area contributed by atoms with Gasteiger partial charge in [0.2, 0.25) is 11.0 Å². The van der Waals surface area contributed by atoms with Crippen LogP contribution in [0.3, 0.4) is 0 Å². The van der Waals surface area contributed by atoms with Gasteiger partial charge in [0.1, 0.15) is 0 Å². The quantitative estimate of drug-likeness (QED) is 0.438. The van der Waals surface area contributed by atoms with Crippen molar-refractivity contribution in [2.45, 2.75) is 21.4 Å². The zero-order valence-corrected chi connectivity index (χ0v) is 15.9. The van der Waals surface area contributed by atoms with Crippen molar-refractivity contribution in [3.05, 3.63) is 66.2 Å². The summed E-state index contributed by atoms with van der Waals surface area (Å²) in [7, 11) is 0. The first kappa shape index (κ1) is 18.0. The number of aromatic nitrogens is 2. The third-order valence-corrected chi connectivity index (χ3v) is 6.26. The van der Waals surface area contributed by atoms with Gasteiger partial charge in [0.25, 0.3) is 0 Å². The Morgan fingerprint density at radius 1 is 0.960 bits per heavy atom. The molecule has 1 heterocycles. The van der Waals surface area contributed by atoms with Crippen LogP contribution in [0.25, 0.3) is 0 Å². The van der Waals surface area contributed by atoms with Gasteiger partial charge >= 0.3 is 0 Å². The molecule has 2 aromatic carbocycles. The van der Waals surface area contributed by atoms with Gasteiger partial charge < -0.3 is 5.32 Å². The van der Waals surface area contributed by atoms with Gasteiger partial charge in [-0.2, -0.15) is 0 Å². The molecule has 0 aliphatic rings. The average molecular weight is 388 g/mol. The Morgan fingerprint density at radius 3 is 2.44 bits per heavy atom. The van der Waals surface area contributed by atoms with Crippen molar-refractivity contribution in [2.75, 3.05) is 11.1 Å². The molecular weight excluding hydrogens is 370 g/mol. The van der Waals surface area contributed by atoms with E-state index in [1.54, 1.807) is 23.5 Å². The predicted molar refractivity (Wildman–Crippen MR) is 106 cm³/mol. The highest BCUT2D eigenvalue weighted by molar-refractivity contribution is 8.00. The molecular formula is C18H17N3OS3. The summed E-state index contributed by atoms with van der Waals surface area (Å²) in [5.41, 5.74) is 1.24. The second-order valence-electron chi connectivity index (χ2n) is 5.11. The Kier molecular flexibility index (Phi) is 6.90. The summed E-state index contributed by atoms with van der Waals surface area (Å²) in [5.74, 6) is 1.56. The van der Waals surface area contributed by atoms with Gasteiger partial charge in [-0.15, -0.1) is 22.0 Å². The van der Waals surface area contributed by atoms with E-state index in [0.29, 0.717) is 11.6 Å². The van der Waals surface area contributed by atoms with E-state index in [0.717, 1.165) is 15.8 Å². The standard InChI is InChI=1S/C18H17N3OS3/c22-16(11-12-23-15-9-5-2-6-10-15)19-17-20-21-18(25-17)24-13-14-7-3-1-4-8-14/h1-10H,11-13H2,(H,19,20,22). The number of thioether (sulfide) groups is 2. The maximum Gasteiger partial charge on any atom is 0.227 e. The number of amides is 1. The van der Waals surface area contributed by atoms with Crippen LogP contribution in [0.1, 0.15) is 12.0 Å². The van der Waals surface area contributed by atoms with Crippen LogP contribution < -0.4 is 5.32 Å². The molecule has 3 rings (SSSR count). The maximum atomic E-state index is 12.0. The molecule has 0 spiro atoms. The lowest BCUT2D eigenvalue weighted by Crippen LogP contribution is -2.11. The third kappa shape index (κ3) is 6.19. The van der Waals surface area contributed by atoms with Crippen molar-refractivity contribution in [3.8, 4) is 0 Å². The van der Waals surface area contributed by atoms with Gasteiger partial charge in [-0.3, -0.25) is 4.79 Å². The lowest BCUT2D eigenvalue weighted by atomic mass is 10.2. The lowest BCUT2D eigenvalue weighted by Gasteiger charge is -2.01. The molecule has 0 atom stereocenters. The summed E-state index contributed by atoms with van der Waals surface area (Å²) in [6.45, 7) is 0. The third-order valence-electron chi connectivity index (χ3n) is 3.20. The SMILES string of the molecule is O=C(CCSc1ccccc1)Nc1nnc(SCc2ccccc2)s1. The van der Waals surface area contributed by atoms with Crippen molar-refractivity contribution in [2.24, 2.45) is 0 Å². The molecule has 4 nitrogen and oxygen atoms in total. The van der Waals surface area contributed by atoms with E-state index in [2.05, 4.69) is 27.6 Å². The summed E-state index contributed by atoms with van der Waals surface area (Å²) in [6.07, 6.45) is 0.450. The summed E-state index contributed by atoms with van der Waals surface area (Å²) < 4.78 is 0.859. The fraction of sp³-hybridized carbons (Fsp3) is 0.167. The summed E-state index contributed by atoms with van der Waals surface area (Å²) in [6, 6.07) is 20.3. The first-order valence-corrected chi connectivity index (χ1v) is 10.6. The number of benzene rings is 2. The normalized spacial score (nSPS) is 10.6. The molecule has 3 aromatic rings. The van der Waals surface area contributed by atoms with Crippen LogP contribution in [0.4, 0.5) is 5.13 Å². The van der Waals surface area contributed by atoms with Gasteiger partial charge in [0, 0.05) is 22.8 Å². The first-order valence-electron chi connectivity index (χ1n) is 7.77. The Bertz CT molecular complexity index is 794. The second-order valence-corrected chi connectivity index (χ2v) is 8.48. The molecule has 7 heteroatoms. The van der Waals surface area contributed by atoms with E-state index in [1.807, 2.05) is 48.5 Å². The van der Waals surface area contributed by atoms with Crippen molar-refractivity contribution in [1.29, 1.82) is 0 Å². The monoisotopic (exact) mass is 387 g/mol. The van der Waals surface area contributed by atoms with Crippen molar-refractivity contribution >= 4 is 45.9 Å². The van der Waals surface area contributed by atoms with Crippen LogP contribution >= 0.6 is 34.9 Å². The van der Waals surface area contributed by atoms with E-state index < -0.39 is 0 Å². The van der Waals surface area contributed by atoms with Crippen LogP contribution in [0.5, 0.6) is 0 Å². The van der Waals surface area contributed by atoms with Crippen molar-refractivity contribution < 1.29 is 4.79 Å². The van der Waals surface area contributed by atoms with Crippen molar-refractivity contribution in [3.63, 3.8) is 0 Å². The summed E-state index contributed by atoms with van der Waals surface area (Å²) in [5, 5.41) is 11.6. The molecule has 0 aliphatic heterocycles. The number of hydrogen-bond donors (Lipinski definition) is 1. The van der Waals surface area contributed by atoms with Gasteiger partial charge in [0.05, 0.1) is 0 Å². The van der Waals surface area contributed by atoms with E-state index >= 15 is 0 Å². The molecule has 1 N–H and O–H groups in total. The van der Waals surface area contributed by atoms with Crippen LogP contribution in [-0.2, 0) is 10.5 Å². The number of hydrogen-bond acceptors (Lipinski definition) is 6. The molecule has 1 aromatic heterocycles. The second kappa shape index (κ2) is 9.60. The first-order chi connectivity index (χ1) is 12.3. The van der Waals surface area contributed by atoms with Crippen molar-refractivity contribution in [1.82, 2.24) is 10.2 Å². The number of nitrogens with zero attached hydrogens (tertiary/aromatic N) is 2. The van der Waals surface area contributed by atoms with Crippen LogP contribution in [0.15, 0.2) is 69.9 Å². The Labute approximate surface area is 159 Å². The van der Waals surface area contributed by atoms with E-state index in [4.69, 9.17) is 0 Å². The fourth-order valence-electron chi connectivity index (χ4n) is 2.00. The van der Waals surface area contributed by atoms with Crippen LogP contribution in [-0.4, -0.2) is 21.9 Å². The zero-order valence-electron chi connectivity index (χ0n) is 13.4. The highest BCUT2D eigenvalue weighted by Gasteiger charge is 2.09. The van der Waals surface area contributed by atoms with Crippen LogP contribution in [0.2, 0.25) is 0 Å². The Balaban J connectivity index is 1.40. The van der Waals surface area contributed by atoms with Crippen LogP contribution in [0, 0.1) is 0 Å². The van der Waals surface area contributed by atoms with Gasteiger partial charge in [-0.1, -0.05) is 71.6 Å². The molecule has 1 amide bonds. The number of carbonyl (C=O) groups excluding carboxylic acids is 1. The summed E-state index contributed by atoms with van der Waals surface area (Å²) >= 11 is 4.71. The smallest absolute Gasteiger partial charge is 0.227 e. The number of nitrogens with one attached hydrogen (secondary N) is 1. The zero-order chi connectivity index (χ0) is 17.3. The molecule has 25 heavy (non-hydrogen) atoms. The molecule has 0 unspecified atom stereocenters. The largest absolute Gasteiger partial charge is 0.300 e. The minimum atomic E-state index is -0.0285. The highest BCUT2D eigenvalue weighted by atomic mass is 32.2. The molecule has 0 saturated carbocycles. The predicted octanol–water partition coefficient (Wildman–Crippen LogP) is 4.95. The molecule has 0 aliphatic carbocycles. The highest BCUT2D eigenvalue weighted by Crippen LogP contribution is 2.28. The van der Waals surface area contributed by atoms with E-state index in [9.17, 15) is 4.79 Å². The lowest BCUT2D eigenvalue weighted by molar-refractivity contribution is -0.115. The topological polar surface area (TPSA) is 54.9 Å². The minimum Gasteiger partial charge on any atom is -0.300 e. The van der Waals surface area contributed by atoms with Gasteiger partial charge in [0.15, 0.2) is 4.34 Å². The number of carbonyl (C=O) groups is 1. The molecule has 0 saturated heterocycles. The number of anilines is 1. The summed E-state index contributed by atoms with van der Waals surface area (Å²) in [4.78, 5) is 13.2. The molecule has 0 bridgehead atoms. The molecule has 0 fully saturated rings. The average Bonchev–Trinajstić information content (AvgIpc) is 3.09. The fourth-order valence-corrected chi connectivity index (χ4v) is 4.59. The van der Waals surface area contributed by atoms with Gasteiger partial charge in [-0.05, 0) is 17.7 Å². The Hall–Kier alpha value is -1.83. The maximum absolute atomic E-state index is 12.0. The van der Waals surface area contributed by atoms with Gasteiger partial charge in [-0.25, -0.2) is 0 Å². The Morgan fingerprint density at radius 2 is 1.68 bits per heavy atom. The minimum absolute atomic E-state index is 0.0285. The van der Waals surface area contributed by atoms with E-state index in [1.165, 1.54) is 21.8 Å². The number of rotatable bonds is 8. The molecule has 128 valence electrons.